The molecule has 1 heterocycles. The molecule has 0 aliphatic heterocycles. The lowest BCUT2D eigenvalue weighted by atomic mass is 10.1. The maximum Gasteiger partial charge on any atom is 0.255 e. The van der Waals surface area contributed by atoms with Gasteiger partial charge in [-0.25, -0.2) is 0 Å². The van der Waals surface area contributed by atoms with Crippen molar-refractivity contribution in [3.05, 3.63) is 59.9 Å². The van der Waals surface area contributed by atoms with Crippen molar-refractivity contribution in [1.82, 2.24) is 10.3 Å². The average Bonchev–Trinajstić information content (AvgIpc) is 2.52. The van der Waals surface area contributed by atoms with E-state index in [2.05, 4.69) is 17.2 Å². The third-order valence-electron chi connectivity index (χ3n) is 3.05. The normalized spacial score (nSPS) is 11.9. The number of ether oxygens (including phenoxy) is 1. The van der Waals surface area contributed by atoms with Crippen LogP contribution in [0.5, 0.6) is 5.75 Å². The van der Waals surface area contributed by atoms with Crippen molar-refractivity contribution in [3.63, 3.8) is 0 Å². The Bertz CT molecular complexity index is 570. The predicted molar refractivity (Wildman–Crippen MR) is 80.6 cm³/mol. The minimum absolute atomic E-state index is 0.103. The topological polar surface area (TPSA) is 77.2 Å². The number of carbonyl (C=O) groups excluding carboxylic acids is 1. The van der Waals surface area contributed by atoms with E-state index < -0.39 is 5.91 Å². The Kier molecular flexibility index (Phi) is 5.29. The summed E-state index contributed by atoms with van der Waals surface area (Å²) in [6, 6.07) is 13.6. The van der Waals surface area contributed by atoms with E-state index in [9.17, 15) is 4.79 Å². The number of nitrogens with two attached hydrogens (primary N) is 1. The Morgan fingerprint density at radius 1 is 1.29 bits per heavy atom. The second kappa shape index (κ2) is 7.40. The Morgan fingerprint density at radius 2 is 2.05 bits per heavy atom. The first kappa shape index (κ1) is 15.0. The zero-order chi connectivity index (χ0) is 15.1. The number of hydrogen-bond acceptors (Lipinski definition) is 4. The van der Waals surface area contributed by atoms with Gasteiger partial charge in [0.2, 0.25) is 0 Å². The average molecular weight is 285 g/mol. The van der Waals surface area contributed by atoms with Crippen LogP contribution >= 0.6 is 0 Å². The molecule has 3 N–H and O–H groups in total. The van der Waals surface area contributed by atoms with Gasteiger partial charge in [0.25, 0.3) is 5.91 Å². The molecule has 0 aliphatic carbocycles. The molecule has 0 radical (unpaired) electrons. The zero-order valence-corrected chi connectivity index (χ0v) is 12.0. The summed E-state index contributed by atoms with van der Waals surface area (Å²) in [4.78, 5) is 15.0. The lowest BCUT2D eigenvalue weighted by Crippen LogP contribution is -2.20. The number of rotatable bonds is 7. The van der Waals surface area contributed by atoms with Crippen LogP contribution in [0.15, 0.2) is 48.7 Å². The van der Waals surface area contributed by atoms with Gasteiger partial charge < -0.3 is 15.8 Å². The van der Waals surface area contributed by atoms with Crippen LogP contribution in [0.2, 0.25) is 0 Å². The molecule has 1 atom stereocenters. The van der Waals surface area contributed by atoms with E-state index in [0.717, 1.165) is 17.8 Å². The first-order valence-corrected chi connectivity index (χ1v) is 6.79. The van der Waals surface area contributed by atoms with E-state index in [4.69, 9.17) is 10.5 Å². The highest BCUT2D eigenvalue weighted by atomic mass is 16.5. The number of pyridine rings is 1. The minimum atomic E-state index is -0.482. The molecule has 0 saturated carbocycles. The summed E-state index contributed by atoms with van der Waals surface area (Å²) in [5, 5.41) is 3.41. The molecule has 5 nitrogen and oxygen atoms in total. The van der Waals surface area contributed by atoms with Gasteiger partial charge in [-0.05, 0) is 36.8 Å². The standard InChI is InChI=1S/C16H19N3O2/c1-12(15-4-2-3-9-18-15)19-10-13-5-7-14(8-6-13)21-11-16(17)20/h2-9,12,19H,10-11H2,1H3,(H2,17,20). The number of carbonyl (C=O) groups is 1. The molecule has 2 rings (SSSR count). The van der Waals surface area contributed by atoms with Crippen molar-refractivity contribution in [3.8, 4) is 5.75 Å². The Morgan fingerprint density at radius 3 is 2.67 bits per heavy atom. The number of primary amides is 1. The summed E-state index contributed by atoms with van der Waals surface area (Å²) in [7, 11) is 0. The van der Waals surface area contributed by atoms with Gasteiger partial charge in [-0.1, -0.05) is 18.2 Å². The quantitative estimate of drug-likeness (QED) is 0.813. The number of benzene rings is 1. The summed E-state index contributed by atoms with van der Waals surface area (Å²) in [5.41, 5.74) is 7.17. The molecule has 1 unspecified atom stereocenters. The van der Waals surface area contributed by atoms with E-state index in [0.29, 0.717) is 5.75 Å². The lowest BCUT2D eigenvalue weighted by Gasteiger charge is -2.13. The predicted octanol–water partition coefficient (Wildman–Crippen LogP) is 1.80. The third-order valence-corrected chi connectivity index (χ3v) is 3.05. The SMILES string of the molecule is CC(NCc1ccc(OCC(N)=O)cc1)c1ccccn1. The Labute approximate surface area is 124 Å². The summed E-state index contributed by atoms with van der Waals surface area (Å²) >= 11 is 0. The summed E-state index contributed by atoms with van der Waals surface area (Å²) in [5.74, 6) is 0.153. The highest BCUT2D eigenvalue weighted by Gasteiger charge is 2.05. The largest absolute Gasteiger partial charge is 0.484 e. The maximum absolute atomic E-state index is 10.6. The molecular weight excluding hydrogens is 266 g/mol. The minimum Gasteiger partial charge on any atom is -0.484 e. The fourth-order valence-electron chi connectivity index (χ4n) is 1.87. The highest BCUT2D eigenvalue weighted by Crippen LogP contribution is 2.14. The van der Waals surface area contributed by atoms with Crippen LogP contribution in [0.4, 0.5) is 0 Å². The molecule has 1 amide bonds. The van der Waals surface area contributed by atoms with Crippen LogP contribution in [-0.2, 0) is 11.3 Å². The van der Waals surface area contributed by atoms with Crippen LogP contribution in [0.25, 0.3) is 0 Å². The smallest absolute Gasteiger partial charge is 0.255 e. The van der Waals surface area contributed by atoms with Crippen molar-refractivity contribution >= 4 is 5.91 Å². The van der Waals surface area contributed by atoms with Crippen molar-refractivity contribution in [1.29, 1.82) is 0 Å². The molecular formula is C16H19N3O2. The van der Waals surface area contributed by atoms with Gasteiger partial charge in [0, 0.05) is 18.8 Å². The van der Waals surface area contributed by atoms with E-state index in [1.165, 1.54) is 0 Å². The van der Waals surface area contributed by atoms with E-state index in [1.54, 1.807) is 6.20 Å². The number of aromatic nitrogens is 1. The molecule has 0 fully saturated rings. The molecule has 5 heteroatoms. The number of amides is 1. The van der Waals surface area contributed by atoms with Crippen LogP contribution in [-0.4, -0.2) is 17.5 Å². The fourth-order valence-corrected chi connectivity index (χ4v) is 1.87. The molecule has 110 valence electrons. The van der Waals surface area contributed by atoms with Gasteiger partial charge >= 0.3 is 0 Å². The van der Waals surface area contributed by atoms with Crippen LogP contribution in [0.3, 0.4) is 0 Å². The van der Waals surface area contributed by atoms with Gasteiger partial charge in [0.15, 0.2) is 6.61 Å². The van der Waals surface area contributed by atoms with Crippen molar-refractivity contribution in [2.24, 2.45) is 5.73 Å². The molecule has 1 aromatic carbocycles. The van der Waals surface area contributed by atoms with Gasteiger partial charge in [0.05, 0.1) is 5.69 Å². The van der Waals surface area contributed by atoms with E-state index in [1.807, 2.05) is 42.5 Å². The third kappa shape index (κ3) is 4.89. The van der Waals surface area contributed by atoms with Crippen LogP contribution in [0, 0.1) is 0 Å². The Hall–Kier alpha value is -2.40. The monoisotopic (exact) mass is 285 g/mol. The summed E-state index contributed by atoms with van der Waals surface area (Å²) < 4.78 is 5.21. The maximum atomic E-state index is 10.6. The van der Waals surface area contributed by atoms with Gasteiger partial charge in [-0.15, -0.1) is 0 Å². The number of nitrogens with one attached hydrogen (secondary N) is 1. The van der Waals surface area contributed by atoms with Gasteiger partial charge in [-0.3, -0.25) is 9.78 Å². The van der Waals surface area contributed by atoms with Crippen molar-refractivity contribution in [2.45, 2.75) is 19.5 Å². The first-order valence-electron chi connectivity index (χ1n) is 6.79. The molecule has 0 saturated heterocycles. The molecule has 2 aromatic rings. The molecule has 0 bridgehead atoms. The second-order valence-electron chi connectivity index (χ2n) is 4.76. The molecule has 0 aliphatic rings. The van der Waals surface area contributed by atoms with Crippen LogP contribution < -0.4 is 15.8 Å². The lowest BCUT2D eigenvalue weighted by molar-refractivity contribution is -0.119. The number of hydrogen-bond donors (Lipinski definition) is 2. The Balaban J connectivity index is 1.85. The van der Waals surface area contributed by atoms with Crippen molar-refractivity contribution < 1.29 is 9.53 Å². The van der Waals surface area contributed by atoms with E-state index in [-0.39, 0.29) is 12.6 Å². The van der Waals surface area contributed by atoms with Crippen molar-refractivity contribution in [2.75, 3.05) is 6.61 Å². The summed E-state index contributed by atoms with van der Waals surface area (Å²) in [6.07, 6.45) is 1.79. The van der Waals surface area contributed by atoms with Gasteiger partial charge in [-0.2, -0.15) is 0 Å². The van der Waals surface area contributed by atoms with Crippen LogP contribution in [0.1, 0.15) is 24.2 Å². The summed E-state index contributed by atoms with van der Waals surface area (Å²) in [6.45, 7) is 2.70. The van der Waals surface area contributed by atoms with Gasteiger partial charge in [0.1, 0.15) is 5.75 Å². The number of nitrogens with zero attached hydrogens (tertiary/aromatic N) is 1. The molecule has 21 heavy (non-hydrogen) atoms. The fraction of sp³-hybridized carbons (Fsp3) is 0.250. The zero-order valence-electron chi connectivity index (χ0n) is 12.0. The highest BCUT2D eigenvalue weighted by molar-refractivity contribution is 5.75. The second-order valence-corrected chi connectivity index (χ2v) is 4.76. The van der Waals surface area contributed by atoms with E-state index >= 15 is 0 Å². The molecule has 1 aromatic heterocycles. The molecule has 0 spiro atoms. The first-order chi connectivity index (χ1) is 10.1.